The van der Waals surface area contributed by atoms with Crippen LogP contribution in [0.25, 0.3) is 23.2 Å². The summed E-state index contributed by atoms with van der Waals surface area (Å²) in [7, 11) is 1.65. The Bertz CT molecular complexity index is 1720. The van der Waals surface area contributed by atoms with Gasteiger partial charge in [-0.05, 0) is 72.5 Å². The second kappa shape index (κ2) is 13.5. The first-order chi connectivity index (χ1) is 21.5. The second-order valence-electron chi connectivity index (χ2n) is 10.4. The third-order valence-electron chi connectivity index (χ3n) is 6.80. The molecule has 0 saturated carbocycles. The molecule has 0 bridgehead atoms. The smallest absolute Gasteiger partial charge is 0.497 e. The van der Waals surface area contributed by atoms with Crippen molar-refractivity contribution in [2.75, 3.05) is 24.3 Å². The first kappa shape index (κ1) is 31.6. The number of halogens is 3. The molecule has 1 aromatic heterocycles. The van der Waals surface area contributed by atoms with Crippen molar-refractivity contribution in [3.63, 3.8) is 0 Å². The van der Waals surface area contributed by atoms with Gasteiger partial charge in [0.05, 0.1) is 12.8 Å². The molecule has 2 heterocycles. The number of methoxy groups -OCH3 is 1. The van der Waals surface area contributed by atoms with Gasteiger partial charge in [0.2, 0.25) is 0 Å². The van der Waals surface area contributed by atoms with Crippen molar-refractivity contribution in [1.29, 1.82) is 0 Å². The van der Waals surface area contributed by atoms with Gasteiger partial charge in [-0.1, -0.05) is 49.9 Å². The zero-order valence-electron chi connectivity index (χ0n) is 25.0. The second-order valence-corrected chi connectivity index (χ2v) is 11.5. The average Bonchev–Trinajstić information content (AvgIpc) is 3.67. The molecule has 0 spiro atoms. The van der Waals surface area contributed by atoms with Crippen LogP contribution < -0.4 is 19.7 Å². The lowest BCUT2D eigenvalue weighted by Gasteiger charge is -2.23. The Kier molecular flexibility index (Phi) is 9.47. The van der Waals surface area contributed by atoms with Gasteiger partial charge in [0.25, 0.3) is 0 Å². The summed E-state index contributed by atoms with van der Waals surface area (Å²) in [5.74, 6) is 2.01. The van der Waals surface area contributed by atoms with Crippen LogP contribution in [0.2, 0.25) is 0 Å². The highest BCUT2D eigenvalue weighted by Crippen LogP contribution is 2.35. The van der Waals surface area contributed by atoms with Gasteiger partial charge in [0.1, 0.15) is 17.8 Å². The molecule has 9 nitrogen and oxygen atoms in total. The fourth-order valence-corrected chi connectivity index (χ4v) is 5.65. The zero-order valence-corrected chi connectivity index (χ0v) is 25.8. The number of allylic oxidation sites excluding steroid dienone is 1. The molecule has 1 N–H and O–H groups in total. The van der Waals surface area contributed by atoms with Gasteiger partial charge in [0.15, 0.2) is 11.0 Å². The van der Waals surface area contributed by atoms with Gasteiger partial charge >= 0.3 is 12.4 Å². The topological polar surface area (TPSA) is 93.9 Å². The summed E-state index contributed by atoms with van der Waals surface area (Å²) < 4.78 is 48.0. The van der Waals surface area contributed by atoms with E-state index in [2.05, 4.69) is 43.9 Å². The zero-order chi connectivity index (χ0) is 32.1. The van der Waals surface area contributed by atoms with Crippen molar-refractivity contribution in [2.45, 2.75) is 33.1 Å². The van der Waals surface area contributed by atoms with Crippen molar-refractivity contribution in [1.82, 2.24) is 20.1 Å². The van der Waals surface area contributed by atoms with E-state index in [-0.39, 0.29) is 11.7 Å². The molecule has 1 fully saturated rings. The average molecular weight is 637 g/mol. The highest BCUT2D eigenvalue weighted by atomic mass is 32.2. The minimum Gasteiger partial charge on any atom is -0.497 e. The van der Waals surface area contributed by atoms with Crippen molar-refractivity contribution in [3.8, 4) is 28.6 Å². The summed E-state index contributed by atoms with van der Waals surface area (Å²) in [6.07, 6.45) is -1.45. The number of nitrogens with one attached hydrogen (secondary N) is 1. The van der Waals surface area contributed by atoms with Crippen LogP contribution >= 0.6 is 11.8 Å². The quantitative estimate of drug-likeness (QED) is 0.212. The molecular weight excluding hydrogens is 605 g/mol. The molecule has 0 radical (unpaired) electrons. The van der Waals surface area contributed by atoms with Crippen LogP contribution in [0.5, 0.6) is 11.5 Å². The maximum Gasteiger partial charge on any atom is 0.573 e. The molecule has 45 heavy (non-hydrogen) atoms. The number of ether oxygens (including phenoxy) is 2. The first-order valence-corrected chi connectivity index (χ1v) is 15.0. The molecule has 0 aliphatic carbocycles. The Morgan fingerprint density at radius 1 is 1.07 bits per heavy atom. The van der Waals surface area contributed by atoms with Crippen LogP contribution in [0.15, 0.2) is 83.7 Å². The number of anilines is 1. The Hall–Kier alpha value is -4.78. The fourth-order valence-electron chi connectivity index (χ4n) is 4.70. The number of amides is 2. The van der Waals surface area contributed by atoms with Crippen LogP contribution in [-0.4, -0.2) is 51.7 Å². The van der Waals surface area contributed by atoms with Crippen LogP contribution in [0.3, 0.4) is 0 Å². The molecule has 5 rings (SSSR count). The maximum atomic E-state index is 12.9. The molecular formula is C32H31F3N6O3S. The standard InChI is InChI=1S/C32H31F3N6O3S/c1-20(2)27-18-26(43-4)13-14-28(27)40-15-16-45-31(40)38-30(42)37-21(3)17-22-5-7-23(8-6-22)29-36-19-41(39-29)24-9-11-25(12-10-24)44-32(33,34)35/h5-14,17-20H,15-16H2,1-4H3,(H,37,42)/b21-17+,38-31-. The number of thioether (sulfide) groups is 1. The van der Waals surface area contributed by atoms with E-state index in [0.717, 1.165) is 40.4 Å². The molecule has 1 aliphatic heterocycles. The summed E-state index contributed by atoms with van der Waals surface area (Å²) in [4.78, 5) is 23.6. The number of hydrogen-bond donors (Lipinski definition) is 1. The lowest BCUT2D eigenvalue weighted by Crippen LogP contribution is -2.28. The van der Waals surface area contributed by atoms with E-state index >= 15 is 0 Å². The lowest BCUT2D eigenvalue weighted by atomic mass is 10.00. The number of nitrogens with zero attached hydrogens (tertiary/aromatic N) is 5. The van der Waals surface area contributed by atoms with E-state index in [1.807, 2.05) is 48.5 Å². The Morgan fingerprint density at radius 2 is 1.78 bits per heavy atom. The molecule has 3 aromatic carbocycles. The first-order valence-electron chi connectivity index (χ1n) is 14.0. The van der Waals surface area contributed by atoms with Gasteiger partial charge in [-0.15, -0.1) is 18.3 Å². The number of rotatable bonds is 8. The highest BCUT2D eigenvalue weighted by Gasteiger charge is 2.31. The largest absolute Gasteiger partial charge is 0.573 e. The summed E-state index contributed by atoms with van der Waals surface area (Å²) in [5, 5.41) is 7.92. The van der Waals surface area contributed by atoms with Crippen molar-refractivity contribution < 1.29 is 27.4 Å². The third kappa shape index (κ3) is 8.04. The number of carbonyl (C=O) groups is 1. The van der Waals surface area contributed by atoms with E-state index < -0.39 is 12.4 Å². The van der Waals surface area contributed by atoms with Gasteiger partial charge in [-0.25, -0.2) is 14.5 Å². The van der Waals surface area contributed by atoms with Gasteiger partial charge in [-0.2, -0.15) is 4.99 Å². The number of aromatic nitrogens is 3. The molecule has 0 unspecified atom stereocenters. The minimum atomic E-state index is -4.76. The fraction of sp³-hybridized carbons (Fsp3) is 0.250. The number of alkyl halides is 3. The van der Waals surface area contributed by atoms with Crippen molar-refractivity contribution >= 4 is 34.7 Å². The highest BCUT2D eigenvalue weighted by molar-refractivity contribution is 8.14. The number of urea groups is 1. The molecule has 4 aromatic rings. The van der Waals surface area contributed by atoms with Crippen molar-refractivity contribution in [2.24, 2.45) is 4.99 Å². The summed E-state index contributed by atoms with van der Waals surface area (Å²) in [6, 6.07) is 18.3. The lowest BCUT2D eigenvalue weighted by molar-refractivity contribution is -0.274. The predicted octanol–water partition coefficient (Wildman–Crippen LogP) is 7.64. The Morgan fingerprint density at radius 3 is 2.44 bits per heavy atom. The van der Waals surface area contributed by atoms with Crippen LogP contribution in [0.4, 0.5) is 23.7 Å². The number of hydrogen-bond acceptors (Lipinski definition) is 6. The summed E-state index contributed by atoms with van der Waals surface area (Å²) in [5.41, 5.74) is 4.89. The number of amidine groups is 1. The van der Waals surface area contributed by atoms with Gasteiger partial charge in [0, 0.05) is 29.2 Å². The van der Waals surface area contributed by atoms with Crippen LogP contribution in [0, 0.1) is 0 Å². The van der Waals surface area contributed by atoms with E-state index in [9.17, 15) is 18.0 Å². The summed E-state index contributed by atoms with van der Waals surface area (Å²) >= 11 is 1.54. The SMILES string of the molecule is COc1ccc(N2CCS/C2=N\C(=O)N/C(C)=C/c2ccc(-c3ncn(-c4ccc(OC(F)(F)F)cc4)n3)cc2)c(C(C)C)c1. The number of benzene rings is 3. The van der Waals surface area contributed by atoms with Crippen LogP contribution in [-0.2, 0) is 0 Å². The van der Waals surface area contributed by atoms with Gasteiger partial charge < -0.3 is 19.7 Å². The van der Waals surface area contributed by atoms with Crippen LogP contribution in [0.1, 0.15) is 37.8 Å². The molecule has 234 valence electrons. The van der Waals surface area contributed by atoms with Gasteiger partial charge in [-0.3, -0.25) is 0 Å². The monoisotopic (exact) mass is 636 g/mol. The maximum absolute atomic E-state index is 12.9. The third-order valence-corrected chi connectivity index (χ3v) is 7.76. The predicted molar refractivity (Wildman–Crippen MR) is 170 cm³/mol. The Balaban J connectivity index is 1.23. The van der Waals surface area contributed by atoms with E-state index in [1.165, 1.54) is 35.3 Å². The minimum absolute atomic E-state index is 0.265. The molecule has 1 saturated heterocycles. The molecule has 1 aliphatic rings. The number of carbonyl (C=O) groups excluding carboxylic acids is 1. The number of aliphatic imine (C=N–C) groups is 1. The molecule has 0 atom stereocenters. The summed E-state index contributed by atoms with van der Waals surface area (Å²) in [6.45, 7) is 6.79. The molecule has 2 amide bonds. The van der Waals surface area contributed by atoms with Crippen molar-refractivity contribution in [3.05, 3.63) is 89.9 Å². The Labute approximate surface area is 262 Å². The van der Waals surface area contributed by atoms with E-state index in [1.54, 1.807) is 25.8 Å². The van der Waals surface area contributed by atoms with E-state index in [0.29, 0.717) is 22.4 Å². The van der Waals surface area contributed by atoms with E-state index in [4.69, 9.17) is 4.74 Å². The normalized spacial score (nSPS) is 14.7. The molecule has 13 heteroatoms.